The van der Waals surface area contributed by atoms with Gasteiger partial charge in [0.1, 0.15) is 6.07 Å². The number of hydrogen-bond donors (Lipinski definition) is 0. The lowest BCUT2D eigenvalue weighted by Gasteiger charge is -2.10. The van der Waals surface area contributed by atoms with Crippen molar-refractivity contribution >= 4 is 11.6 Å². The first-order valence-corrected chi connectivity index (χ1v) is 9.34. The van der Waals surface area contributed by atoms with Crippen LogP contribution in [0.4, 0.5) is 0 Å². The monoisotopic (exact) mass is 417 g/mol. The predicted octanol–water partition coefficient (Wildman–Crippen LogP) is 3.83. The van der Waals surface area contributed by atoms with Gasteiger partial charge in [-0.15, -0.1) is 0 Å². The average Bonchev–Trinajstić information content (AvgIpc) is 3.25. The van der Waals surface area contributed by atoms with Gasteiger partial charge in [-0.05, 0) is 23.8 Å². The second-order valence-electron chi connectivity index (χ2n) is 6.56. The van der Waals surface area contributed by atoms with Crippen molar-refractivity contribution in [2.24, 2.45) is 7.05 Å². The molecule has 0 bridgehead atoms. The molecule has 0 amide bonds. The lowest BCUT2D eigenvalue weighted by molar-refractivity contribution is 0.398. The Kier molecular flexibility index (Phi) is 5.09. The standard InChI is InChI=1S/C22H16ClN5O2/c1-27-13-18(16(8-22(27)29)14-6-7-21(30-2)25-10-14)15-11-26-28(12-15)20-5-3-4-19(23)17(20)9-24/h3-8,10-13H,1-2H3. The molecule has 8 heteroatoms. The molecule has 0 fully saturated rings. The van der Waals surface area contributed by atoms with Gasteiger partial charge in [-0.2, -0.15) is 10.4 Å². The molecule has 0 radical (unpaired) electrons. The zero-order chi connectivity index (χ0) is 21.3. The van der Waals surface area contributed by atoms with Crippen molar-refractivity contribution < 1.29 is 4.74 Å². The molecule has 3 aromatic heterocycles. The number of aromatic nitrogens is 4. The molecule has 0 aliphatic carbocycles. The highest BCUT2D eigenvalue weighted by Crippen LogP contribution is 2.32. The summed E-state index contributed by atoms with van der Waals surface area (Å²) >= 11 is 6.15. The number of aryl methyl sites for hydroxylation is 1. The number of rotatable bonds is 4. The van der Waals surface area contributed by atoms with E-state index in [1.54, 1.807) is 74.0 Å². The van der Waals surface area contributed by atoms with E-state index in [0.717, 1.165) is 22.3 Å². The minimum Gasteiger partial charge on any atom is -0.481 e. The Hall–Kier alpha value is -3.89. The number of methoxy groups -OCH3 is 1. The van der Waals surface area contributed by atoms with E-state index in [0.29, 0.717) is 22.2 Å². The van der Waals surface area contributed by atoms with Gasteiger partial charge in [0.05, 0.1) is 29.6 Å². The van der Waals surface area contributed by atoms with Crippen molar-refractivity contribution in [1.29, 1.82) is 5.26 Å². The van der Waals surface area contributed by atoms with Crippen molar-refractivity contribution in [1.82, 2.24) is 19.3 Å². The molecule has 0 saturated carbocycles. The van der Waals surface area contributed by atoms with Crippen molar-refractivity contribution in [2.45, 2.75) is 0 Å². The van der Waals surface area contributed by atoms with E-state index in [9.17, 15) is 10.1 Å². The third-order valence-electron chi connectivity index (χ3n) is 4.73. The molecule has 0 N–H and O–H groups in total. The van der Waals surface area contributed by atoms with Crippen LogP contribution in [0.2, 0.25) is 5.02 Å². The summed E-state index contributed by atoms with van der Waals surface area (Å²) in [4.78, 5) is 16.6. The number of nitriles is 1. The van der Waals surface area contributed by atoms with Crippen LogP contribution in [0.25, 0.3) is 27.9 Å². The number of hydrogen-bond acceptors (Lipinski definition) is 5. The van der Waals surface area contributed by atoms with E-state index in [4.69, 9.17) is 16.3 Å². The zero-order valence-electron chi connectivity index (χ0n) is 16.2. The van der Waals surface area contributed by atoms with Gasteiger partial charge in [0.2, 0.25) is 5.88 Å². The van der Waals surface area contributed by atoms with Crippen LogP contribution < -0.4 is 10.3 Å². The van der Waals surface area contributed by atoms with E-state index >= 15 is 0 Å². The van der Waals surface area contributed by atoms with Gasteiger partial charge in [0.15, 0.2) is 0 Å². The molecule has 148 valence electrons. The van der Waals surface area contributed by atoms with Gasteiger partial charge in [-0.3, -0.25) is 4.79 Å². The first kappa shape index (κ1) is 19.4. The first-order valence-electron chi connectivity index (χ1n) is 8.97. The number of pyridine rings is 2. The molecule has 0 aliphatic rings. The predicted molar refractivity (Wildman–Crippen MR) is 114 cm³/mol. The van der Waals surface area contributed by atoms with Crippen molar-refractivity contribution in [3.8, 4) is 39.9 Å². The van der Waals surface area contributed by atoms with Crippen molar-refractivity contribution in [2.75, 3.05) is 7.11 Å². The summed E-state index contributed by atoms with van der Waals surface area (Å²) in [5.74, 6) is 0.488. The Labute approximate surface area is 177 Å². The number of halogens is 1. The van der Waals surface area contributed by atoms with Crippen LogP contribution in [0.15, 0.2) is 66.0 Å². The normalized spacial score (nSPS) is 10.6. The summed E-state index contributed by atoms with van der Waals surface area (Å²) in [6, 6.07) is 12.5. The minimum atomic E-state index is -0.140. The van der Waals surface area contributed by atoms with Gasteiger partial charge in [-0.1, -0.05) is 17.7 Å². The summed E-state index contributed by atoms with van der Waals surface area (Å²) < 4.78 is 8.22. The summed E-state index contributed by atoms with van der Waals surface area (Å²) in [6.45, 7) is 0. The van der Waals surface area contributed by atoms with Gasteiger partial charge < -0.3 is 9.30 Å². The van der Waals surface area contributed by atoms with Crippen LogP contribution >= 0.6 is 11.6 Å². The van der Waals surface area contributed by atoms with E-state index in [1.807, 2.05) is 6.07 Å². The Bertz CT molecular complexity index is 1330. The van der Waals surface area contributed by atoms with Crippen LogP contribution in [-0.2, 0) is 7.05 Å². The lowest BCUT2D eigenvalue weighted by Crippen LogP contribution is -2.15. The molecule has 0 saturated heterocycles. The maximum atomic E-state index is 12.3. The third kappa shape index (κ3) is 3.45. The molecule has 4 rings (SSSR count). The topological polar surface area (TPSA) is 85.7 Å². The van der Waals surface area contributed by atoms with Gasteiger partial charge in [-0.25, -0.2) is 9.67 Å². The molecular formula is C22H16ClN5O2. The fourth-order valence-corrected chi connectivity index (χ4v) is 3.38. The molecule has 1 aromatic carbocycles. The minimum absolute atomic E-state index is 0.140. The first-order chi connectivity index (χ1) is 14.5. The molecule has 0 atom stereocenters. The third-order valence-corrected chi connectivity index (χ3v) is 5.04. The van der Waals surface area contributed by atoms with E-state index < -0.39 is 0 Å². The number of ether oxygens (including phenoxy) is 1. The van der Waals surface area contributed by atoms with Crippen LogP contribution in [0.1, 0.15) is 5.56 Å². The second-order valence-corrected chi connectivity index (χ2v) is 6.97. The molecule has 0 spiro atoms. The van der Waals surface area contributed by atoms with Crippen molar-refractivity contribution in [3.05, 3.63) is 82.1 Å². The largest absolute Gasteiger partial charge is 0.481 e. The maximum absolute atomic E-state index is 12.3. The number of nitrogens with zero attached hydrogens (tertiary/aromatic N) is 5. The van der Waals surface area contributed by atoms with Gasteiger partial charge in [0.25, 0.3) is 5.56 Å². The highest BCUT2D eigenvalue weighted by molar-refractivity contribution is 6.32. The molecular weight excluding hydrogens is 402 g/mol. The van der Waals surface area contributed by atoms with E-state index in [1.165, 1.54) is 4.57 Å². The molecule has 0 unspecified atom stereocenters. The SMILES string of the molecule is COc1ccc(-c2cc(=O)n(C)cc2-c2cnn(-c3cccc(Cl)c3C#N)c2)cn1. The van der Waals surface area contributed by atoms with Gasteiger partial charge in [0, 0.05) is 54.5 Å². The highest BCUT2D eigenvalue weighted by atomic mass is 35.5. The Balaban J connectivity index is 1.86. The maximum Gasteiger partial charge on any atom is 0.250 e. The number of benzene rings is 1. The highest BCUT2D eigenvalue weighted by Gasteiger charge is 2.15. The van der Waals surface area contributed by atoms with Crippen molar-refractivity contribution in [3.63, 3.8) is 0 Å². The Morgan fingerprint density at radius 2 is 1.93 bits per heavy atom. The fourth-order valence-electron chi connectivity index (χ4n) is 3.17. The molecule has 7 nitrogen and oxygen atoms in total. The molecule has 0 aliphatic heterocycles. The van der Waals surface area contributed by atoms with E-state index in [2.05, 4.69) is 16.2 Å². The van der Waals surface area contributed by atoms with Crippen LogP contribution in [0.3, 0.4) is 0 Å². The van der Waals surface area contributed by atoms with Gasteiger partial charge >= 0.3 is 0 Å². The van der Waals surface area contributed by atoms with Crippen LogP contribution in [-0.4, -0.2) is 26.4 Å². The van der Waals surface area contributed by atoms with E-state index in [-0.39, 0.29) is 5.56 Å². The van der Waals surface area contributed by atoms with Crippen LogP contribution in [0, 0.1) is 11.3 Å². The summed E-state index contributed by atoms with van der Waals surface area (Å²) in [5.41, 5.74) is 3.86. The van der Waals surface area contributed by atoms with Crippen LogP contribution in [0.5, 0.6) is 5.88 Å². The smallest absolute Gasteiger partial charge is 0.250 e. The summed E-state index contributed by atoms with van der Waals surface area (Å²) in [5, 5.41) is 14.2. The quantitative estimate of drug-likeness (QED) is 0.503. The fraction of sp³-hybridized carbons (Fsp3) is 0.0909. The summed E-state index contributed by atoms with van der Waals surface area (Å²) in [6.07, 6.45) is 6.90. The molecule has 3 heterocycles. The second kappa shape index (κ2) is 7.85. The molecule has 4 aromatic rings. The average molecular weight is 418 g/mol. The summed E-state index contributed by atoms with van der Waals surface area (Å²) in [7, 11) is 3.24. The Morgan fingerprint density at radius 3 is 2.63 bits per heavy atom. The lowest BCUT2D eigenvalue weighted by atomic mass is 9.99. The Morgan fingerprint density at radius 1 is 1.10 bits per heavy atom. The zero-order valence-corrected chi connectivity index (χ0v) is 17.0. The molecule has 30 heavy (non-hydrogen) atoms.